The first-order valence-electron chi connectivity index (χ1n) is 4.40. The van der Waals surface area contributed by atoms with Crippen LogP contribution in [-0.2, 0) is 15.3 Å². The molecule has 2 nitrogen and oxygen atoms in total. The van der Waals surface area contributed by atoms with E-state index >= 15 is 0 Å². The molecule has 0 aliphatic rings. The molecule has 0 saturated heterocycles. The molecule has 0 fully saturated rings. The van der Waals surface area contributed by atoms with Gasteiger partial charge in [0.05, 0.1) is 0 Å². The van der Waals surface area contributed by atoms with Crippen molar-refractivity contribution in [2.75, 3.05) is 14.2 Å². The van der Waals surface area contributed by atoms with Crippen LogP contribution in [0.15, 0.2) is 18.2 Å². The van der Waals surface area contributed by atoms with Gasteiger partial charge in [0, 0.05) is 19.8 Å². The summed E-state index contributed by atoms with van der Waals surface area (Å²) < 4.78 is 23.8. The maximum atomic E-state index is 13.5. The molecule has 0 N–H and O–H groups in total. The Morgan fingerprint density at radius 2 is 1.79 bits per heavy atom. The molecule has 1 rings (SSSR count). The van der Waals surface area contributed by atoms with Gasteiger partial charge >= 0.3 is 0 Å². The molecule has 3 heteroatoms. The van der Waals surface area contributed by atoms with E-state index in [1.807, 2.05) is 6.92 Å². The third kappa shape index (κ3) is 1.94. The summed E-state index contributed by atoms with van der Waals surface area (Å²) in [6.45, 7) is 3.58. The first-order chi connectivity index (χ1) is 6.53. The predicted molar refractivity (Wildman–Crippen MR) is 52.5 cm³/mol. The van der Waals surface area contributed by atoms with Crippen LogP contribution in [0.2, 0.25) is 0 Å². The Morgan fingerprint density at radius 3 is 2.29 bits per heavy atom. The Labute approximate surface area is 83.6 Å². The molecule has 0 atom stereocenters. The Morgan fingerprint density at radius 1 is 1.21 bits per heavy atom. The highest BCUT2D eigenvalue weighted by atomic mass is 19.1. The highest BCUT2D eigenvalue weighted by Gasteiger charge is 2.28. The van der Waals surface area contributed by atoms with Crippen molar-refractivity contribution in [1.82, 2.24) is 0 Å². The van der Waals surface area contributed by atoms with E-state index in [0.717, 1.165) is 5.56 Å². The van der Waals surface area contributed by atoms with Crippen molar-refractivity contribution in [2.24, 2.45) is 0 Å². The minimum Gasteiger partial charge on any atom is -0.349 e. The quantitative estimate of drug-likeness (QED) is 0.695. The summed E-state index contributed by atoms with van der Waals surface area (Å²) in [6.07, 6.45) is 0. The van der Waals surface area contributed by atoms with Crippen molar-refractivity contribution in [3.63, 3.8) is 0 Å². The molecule has 1 aromatic rings. The zero-order chi connectivity index (χ0) is 10.8. The molecule has 0 amide bonds. The minimum atomic E-state index is -1.02. The highest BCUT2D eigenvalue weighted by Crippen LogP contribution is 2.28. The van der Waals surface area contributed by atoms with Crippen LogP contribution in [0, 0.1) is 12.7 Å². The molecule has 0 aromatic heterocycles. The van der Waals surface area contributed by atoms with Crippen molar-refractivity contribution in [2.45, 2.75) is 19.6 Å². The van der Waals surface area contributed by atoms with Crippen molar-refractivity contribution >= 4 is 0 Å². The fourth-order valence-corrected chi connectivity index (χ4v) is 1.29. The monoisotopic (exact) mass is 198 g/mol. The Balaban J connectivity index is 3.22. The number of rotatable bonds is 3. The summed E-state index contributed by atoms with van der Waals surface area (Å²) in [5, 5.41) is 0. The highest BCUT2D eigenvalue weighted by molar-refractivity contribution is 5.27. The number of hydrogen-bond donors (Lipinski definition) is 0. The molecule has 0 aliphatic carbocycles. The maximum absolute atomic E-state index is 13.5. The molecule has 78 valence electrons. The smallest absolute Gasteiger partial charge is 0.194 e. The summed E-state index contributed by atoms with van der Waals surface area (Å²) in [7, 11) is 2.98. The van der Waals surface area contributed by atoms with Crippen LogP contribution in [-0.4, -0.2) is 14.2 Å². The predicted octanol–water partition coefficient (Wildman–Crippen LogP) is 2.60. The molecule has 0 heterocycles. The van der Waals surface area contributed by atoms with Gasteiger partial charge in [0.2, 0.25) is 0 Å². The molecule has 14 heavy (non-hydrogen) atoms. The number of hydrogen-bond acceptors (Lipinski definition) is 2. The van der Waals surface area contributed by atoms with Crippen LogP contribution in [0.4, 0.5) is 4.39 Å². The summed E-state index contributed by atoms with van der Waals surface area (Å²) >= 11 is 0. The van der Waals surface area contributed by atoms with E-state index in [1.54, 1.807) is 19.1 Å². The first kappa shape index (κ1) is 11.1. The van der Waals surface area contributed by atoms with Gasteiger partial charge in [-0.3, -0.25) is 0 Å². The number of ether oxygens (including phenoxy) is 2. The summed E-state index contributed by atoms with van der Waals surface area (Å²) in [5.74, 6) is -1.34. The fraction of sp³-hybridized carbons (Fsp3) is 0.455. The van der Waals surface area contributed by atoms with Gasteiger partial charge in [0.15, 0.2) is 5.79 Å². The standard InChI is InChI=1S/C11H15FO2/c1-8-5-6-10(12)9(7-8)11(2,13-3)14-4/h5-7H,1-4H3. The third-order valence-corrected chi connectivity index (χ3v) is 2.39. The third-order valence-electron chi connectivity index (χ3n) is 2.39. The van der Waals surface area contributed by atoms with Crippen molar-refractivity contribution in [3.8, 4) is 0 Å². The molecular formula is C11H15FO2. The Bertz CT molecular complexity index is 319. The zero-order valence-corrected chi connectivity index (χ0v) is 8.93. The number of aryl methyl sites for hydroxylation is 1. The average Bonchev–Trinajstić information content (AvgIpc) is 2.20. The van der Waals surface area contributed by atoms with Gasteiger partial charge < -0.3 is 9.47 Å². The lowest BCUT2D eigenvalue weighted by Crippen LogP contribution is -2.28. The molecular weight excluding hydrogens is 183 g/mol. The van der Waals surface area contributed by atoms with Gasteiger partial charge in [-0.15, -0.1) is 0 Å². The van der Waals surface area contributed by atoms with E-state index in [0.29, 0.717) is 5.56 Å². The topological polar surface area (TPSA) is 18.5 Å². The molecule has 0 bridgehead atoms. The lowest BCUT2D eigenvalue weighted by Gasteiger charge is -2.27. The number of halogens is 1. The first-order valence-corrected chi connectivity index (χ1v) is 4.40. The van der Waals surface area contributed by atoms with Crippen LogP contribution in [0.5, 0.6) is 0 Å². The van der Waals surface area contributed by atoms with Gasteiger partial charge in [-0.2, -0.15) is 0 Å². The van der Waals surface area contributed by atoms with Gasteiger partial charge in [-0.05, 0) is 26.0 Å². The number of benzene rings is 1. The minimum absolute atomic E-state index is 0.318. The molecule has 1 aromatic carbocycles. The fourth-order valence-electron chi connectivity index (χ4n) is 1.29. The van der Waals surface area contributed by atoms with Crippen LogP contribution in [0.3, 0.4) is 0 Å². The van der Waals surface area contributed by atoms with Crippen LogP contribution in [0.25, 0.3) is 0 Å². The van der Waals surface area contributed by atoms with E-state index in [4.69, 9.17) is 9.47 Å². The van der Waals surface area contributed by atoms with Crippen molar-refractivity contribution in [3.05, 3.63) is 35.1 Å². The average molecular weight is 198 g/mol. The lowest BCUT2D eigenvalue weighted by atomic mass is 10.0. The van der Waals surface area contributed by atoms with E-state index in [1.165, 1.54) is 20.3 Å². The Kier molecular flexibility index (Phi) is 3.24. The molecule has 0 unspecified atom stereocenters. The summed E-state index contributed by atoms with van der Waals surface area (Å²) in [4.78, 5) is 0. The second kappa shape index (κ2) is 4.07. The normalized spacial score (nSPS) is 11.8. The molecule has 0 saturated carbocycles. The summed E-state index contributed by atoms with van der Waals surface area (Å²) in [5.41, 5.74) is 1.39. The maximum Gasteiger partial charge on any atom is 0.194 e. The van der Waals surface area contributed by atoms with Gasteiger partial charge in [0.1, 0.15) is 5.82 Å². The van der Waals surface area contributed by atoms with Crippen LogP contribution < -0.4 is 0 Å². The van der Waals surface area contributed by atoms with Gasteiger partial charge in [-0.25, -0.2) is 4.39 Å². The van der Waals surface area contributed by atoms with Crippen molar-refractivity contribution in [1.29, 1.82) is 0 Å². The second-order valence-electron chi connectivity index (χ2n) is 3.34. The zero-order valence-electron chi connectivity index (χ0n) is 8.93. The SMILES string of the molecule is COC(C)(OC)c1cc(C)ccc1F. The van der Waals surface area contributed by atoms with Crippen molar-refractivity contribution < 1.29 is 13.9 Å². The van der Waals surface area contributed by atoms with Gasteiger partial charge in [0.25, 0.3) is 0 Å². The van der Waals surface area contributed by atoms with E-state index in [9.17, 15) is 4.39 Å². The van der Waals surface area contributed by atoms with E-state index in [2.05, 4.69) is 0 Å². The molecule has 0 spiro atoms. The second-order valence-corrected chi connectivity index (χ2v) is 3.34. The number of methoxy groups -OCH3 is 2. The molecule has 0 aliphatic heterocycles. The largest absolute Gasteiger partial charge is 0.349 e. The van der Waals surface area contributed by atoms with E-state index < -0.39 is 5.79 Å². The molecule has 0 radical (unpaired) electrons. The van der Waals surface area contributed by atoms with E-state index in [-0.39, 0.29) is 5.82 Å². The van der Waals surface area contributed by atoms with Crippen LogP contribution in [0.1, 0.15) is 18.1 Å². The van der Waals surface area contributed by atoms with Crippen LogP contribution >= 0.6 is 0 Å². The summed E-state index contributed by atoms with van der Waals surface area (Å²) in [6, 6.07) is 4.86. The lowest BCUT2D eigenvalue weighted by molar-refractivity contribution is -0.203. The Hall–Kier alpha value is -0.930. The van der Waals surface area contributed by atoms with Gasteiger partial charge in [-0.1, -0.05) is 11.6 Å².